The number of benzene rings is 1. The van der Waals surface area contributed by atoms with E-state index in [9.17, 15) is 4.79 Å². The summed E-state index contributed by atoms with van der Waals surface area (Å²) in [6.45, 7) is 6.25. The first-order valence-corrected chi connectivity index (χ1v) is 12.3. The normalized spacial score (nSPS) is 24.6. The highest BCUT2D eigenvalue weighted by Gasteiger charge is 2.47. The Hall–Kier alpha value is -2.62. The molecule has 0 spiro atoms. The molecule has 5 rings (SSSR count). The summed E-state index contributed by atoms with van der Waals surface area (Å²) in [5, 5.41) is 3.91. The molecular weight excluding hydrogens is 472 g/mol. The van der Waals surface area contributed by atoms with Gasteiger partial charge in [-0.3, -0.25) is 0 Å². The van der Waals surface area contributed by atoms with E-state index >= 15 is 0 Å². The average molecular weight is 503 g/mol. The molecule has 3 heterocycles. The zero-order chi connectivity index (χ0) is 24.6. The SMILES string of the molecule is COC1(COC(=O)N2CC3COCC(C2)C3Oc2ncnc(Nc3ccc(C)cc3Cl)c2C)CC1. The summed E-state index contributed by atoms with van der Waals surface area (Å²) in [5.74, 6) is 1.18. The van der Waals surface area contributed by atoms with Crippen molar-refractivity contribution in [3.63, 3.8) is 0 Å². The number of hydrogen-bond donors (Lipinski definition) is 1. The molecule has 1 aliphatic carbocycles. The first-order valence-electron chi connectivity index (χ1n) is 11.9. The molecule has 2 bridgehead atoms. The number of methoxy groups -OCH3 is 1. The molecule has 0 radical (unpaired) electrons. The largest absolute Gasteiger partial charge is 0.473 e. The molecule has 3 aliphatic rings. The van der Waals surface area contributed by atoms with Gasteiger partial charge in [-0.2, -0.15) is 0 Å². The van der Waals surface area contributed by atoms with Crippen molar-refractivity contribution in [3.8, 4) is 5.88 Å². The van der Waals surface area contributed by atoms with Crippen LogP contribution in [0.5, 0.6) is 5.88 Å². The monoisotopic (exact) mass is 502 g/mol. The quantitative estimate of drug-likeness (QED) is 0.604. The lowest BCUT2D eigenvalue weighted by atomic mass is 9.84. The first-order chi connectivity index (χ1) is 16.9. The number of amides is 1. The summed E-state index contributed by atoms with van der Waals surface area (Å²) in [7, 11) is 1.66. The zero-order valence-corrected chi connectivity index (χ0v) is 21.0. The van der Waals surface area contributed by atoms with Crippen molar-refractivity contribution in [2.45, 2.75) is 38.4 Å². The topological polar surface area (TPSA) is 95.0 Å². The van der Waals surface area contributed by atoms with E-state index in [1.807, 2.05) is 32.0 Å². The number of nitrogens with one attached hydrogen (secondary N) is 1. The Kier molecular flexibility index (Phi) is 6.74. The molecule has 2 atom stereocenters. The third kappa shape index (κ3) is 5.17. The number of halogens is 1. The first kappa shape index (κ1) is 24.1. The maximum absolute atomic E-state index is 12.7. The summed E-state index contributed by atoms with van der Waals surface area (Å²) < 4.78 is 23.3. The fraction of sp³-hybridized carbons (Fsp3) is 0.560. The van der Waals surface area contributed by atoms with Gasteiger partial charge in [0.05, 0.1) is 29.5 Å². The second-order valence-electron chi connectivity index (χ2n) is 9.75. The minimum Gasteiger partial charge on any atom is -0.473 e. The van der Waals surface area contributed by atoms with Gasteiger partial charge in [0.25, 0.3) is 0 Å². The molecule has 2 aliphatic heterocycles. The summed E-state index contributed by atoms with van der Waals surface area (Å²) in [6.07, 6.45) is 2.91. The van der Waals surface area contributed by atoms with Gasteiger partial charge in [0.1, 0.15) is 30.5 Å². The average Bonchev–Trinajstić information content (AvgIpc) is 3.62. The number of carbonyl (C=O) groups excluding carboxylic acids is 1. The van der Waals surface area contributed by atoms with Crippen LogP contribution in [-0.2, 0) is 14.2 Å². The smallest absolute Gasteiger partial charge is 0.409 e. The van der Waals surface area contributed by atoms with Gasteiger partial charge in [0.2, 0.25) is 5.88 Å². The number of piperidine rings is 1. The van der Waals surface area contributed by atoms with Crippen LogP contribution in [0.4, 0.5) is 16.3 Å². The van der Waals surface area contributed by atoms with Crippen molar-refractivity contribution in [2.24, 2.45) is 11.8 Å². The Bertz CT molecular complexity index is 1080. The van der Waals surface area contributed by atoms with E-state index in [0.29, 0.717) is 49.6 Å². The van der Waals surface area contributed by atoms with Crippen LogP contribution in [0.25, 0.3) is 0 Å². The molecule has 1 saturated carbocycles. The molecule has 2 unspecified atom stereocenters. The van der Waals surface area contributed by atoms with E-state index in [0.717, 1.165) is 29.7 Å². The van der Waals surface area contributed by atoms with Crippen LogP contribution in [0, 0.1) is 25.7 Å². The highest BCUT2D eigenvalue weighted by molar-refractivity contribution is 6.33. The number of anilines is 2. The van der Waals surface area contributed by atoms with Crippen molar-refractivity contribution < 1.29 is 23.7 Å². The van der Waals surface area contributed by atoms with Crippen LogP contribution < -0.4 is 10.1 Å². The number of carbonyl (C=O) groups is 1. The number of fused-ring (bicyclic) bond motifs is 2. The molecule has 188 valence electrons. The molecule has 1 amide bonds. The van der Waals surface area contributed by atoms with Gasteiger partial charge >= 0.3 is 6.09 Å². The van der Waals surface area contributed by atoms with E-state index in [-0.39, 0.29) is 29.6 Å². The maximum atomic E-state index is 12.7. The van der Waals surface area contributed by atoms with Gasteiger partial charge in [-0.1, -0.05) is 17.7 Å². The molecule has 9 nitrogen and oxygen atoms in total. The van der Waals surface area contributed by atoms with E-state index in [2.05, 4.69) is 15.3 Å². The Morgan fingerprint density at radius 3 is 2.63 bits per heavy atom. The summed E-state index contributed by atoms with van der Waals surface area (Å²) in [5.41, 5.74) is 2.36. The van der Waals surface area contributed by atoms with E-state index in [4.69, 9.17) is 30.5 Å². The number of nitrogens with zero attached hydrogens (tertiary/aromatic N) is 3. The zero-order valence-electron chi connectivity index (χ0n) is 20.3. The number of ether oxygens (including phenoxy) is 4. The lowest BCUT2D eigenvalue weighted by Gasteiger charge is -2.46. The van der Waals surface area contributed by atoms with Gasteiger partial charge in [0, 0.05) is 32.0 Å². The van der Waals surface area contributed by atoms with Crippen molar-refractivity contribution >= 4 is 29.2 Å². The van der Waals surface area contributed by atoms with Gasteiger partial charge < -0.3 is 29.2 Å². The van der Waals surface area contributed by atoms with Crippen LogP contribution in [0.1, 0.15) is 24.0 Å². The summed E-state index contributed by atoms with van der Waals surface area (Å²) in [6, 6.07) is 5.81. The van der Waals surface area contributed by atoms with Crippen LogP contribution in [0.2, 0.25) is 5.02 Å². The molecule has 1 N–H and O–H groups in total. The summed E-state index contributed by atoms with van der Waals surface area (Å²) >= 11 is 6.39. The predicted octanol–water partition coefficient (Wildman–Crippen LogP) is 4.13. The van der Waals surface area contributed by atoms with Gasteiger partial charge in [-0.15, -0.1) is 0 Å². The lowest BCUT2D eigenvalue weighted by Crippen LogP contribution is -2.58. The number of likely N-dealkylation sites (tertiary alicyclic amines) is 1. The standard InChI is InChI=1S/C25H31ClN4O5/c1-15-4-5-20(19(26)8-15)29-22-16(2)23(28-14-27-22)35-21-17-9-30(10-18(21)12-33-11-17)24(31)34-13-25(32-3)6-7-25/h4-5,8,14,17-18,21H,6-7,9-13H2,1-3H3,(H,27,28,29). The Labute approximate surface area is 210 Å². The van der Waals surface area contributed by atoms with E-state index in [1.165, 1.54) is 6.33 Å². The molecule has 2 saturated heterocycles. The Morgan fingerprint density at radius 2 is 1.97 bits per heavy atom. The van der Waals surface area contributed by atoms with Crippen LogP contribution in [0.3, 0.4) is 0 Å². The highest BCUT2D eigenvalue weighted by Crippen LogP contribution is 2.39. The van der Waals surface area contributed by atoms with Gasteiger partial charge in [-0.25, -0.2) is 14.8 Å². The third-order valence-corrected chi connectivity index (χ3v) is 7.44. The Balaban J connectivity index is 1.25. The van der Waals surface area contributed by atoms with Gasteiger partial charge in [0.15, 0.2) is 0 Å². The number of aromatic nitrogens is 2. The number of rotatable bonds is 7. The minimum atomic E-state index is -0.302. The molecule has 10 heteroatoms. The third-order valence-electron chi connectivity index (χ3n) is 7.12. The summed E-state index contributed by atoms with van der Waals surface area (Å²) in [4.78, 5) is 23.3. The van der Waals surface area contributed by atoms with Crippen molar-refractivity contribution in [1.82, 2.24) is 14.9 Å². The number of aryl methyl sites for hydroxylation is 1. The fourth-order valence-corrected chi connectivity index (χ4v) is 5.01. The van der Waals surface area contributed by atoms with Crippen LogP contribution >= 0.6 is 11.6 Å². The molecule has 2 aromatic rings. The second-order valence-corrected chi connectivity index (χ2v) is 10.2. The fourth-order valence-electron chi connectivity index (χ4n) is 4.73. The van der Waals surface area contributed by atoms with Gasteiger partial charge in [-0.05, 0) is 44.4 Å². The van der Waals surface area contributed by atoms with Crippen molar-refractivity contribution in [3.05, 3.63) is 40.7 Å². The number of hydrogen-bond acceptors (Lipinski definition) is 8. The molecule has 1 aromatic heterocycles. The minimum absolute atomic E-state index is 0.0182. The van der Waals surface area contributed by atoms with Crippen LogP contribution in [0.15, 0.2) is 24.5 Å². The lowest BCUT2D eigenvalue weighted by molar-refractivity contribution is -0.111. The molecule has 3 fully saturated rings. The maximum Gasteiger partial charge on any atom is 0.409 e. The molecule has 1 aromatic carbocycles. The van der Waals surface area contributed by atoms with E-state index < -0.39 is 0 Å². The molecule has 35 heavy (non-hydrogen) atoms. The predicted molar refractivity (Wildman–Crippen MR) is 130 cm³/mol. The van der Waals surface area contributed by atoms with Crippen LogP contribution in [-0.4, -0.2) is 72.7 Å². The Morgan fingerprint density at radius 1 is 1.23 bits per heavy atom. The van der Waals surface area contributed by atoms with Crippen molar-refractivity contribution in [2.75, 3.05) is 45.3 Å². The molecular formula is C25H31ClN4O5. The highest BCUT2D eigenvalue weighted by atomic mass is 35.5. The van der Waals surface area contributed by atoms with Crippen molar-refractivity contribution in [1.29, 1.82) is 0 Å². The second kappa shape index (κ2) is 9.79. The van der Waals surface area contributed by atoms with E-state index in [1.54, 1.807) is 12.0 Å².